The fraction of sp³-hybridized carbons (Fsp3) is 0.417. The molecule has 1 aliphatic carbocycles. The van der Waals surface area contributed by atoms with Gasteiger partial charge in [0.2, 0.25) is 10.0 Å². The highest BCUT2D eigenvalue weighted by Crippen LogP contribution is 2.23. The minimum atomic E-state index is -3.61. The molecule has 0 saturated heterocycles. The number of hydrogen-bond donors (Lipinski definition) is 1. The smallest absolute Gasteiger partial charge is 0.242 e. The van der Waals surface area contributed by atoms with Crippen LogP contribution in [0.25, 0.3) is 0 Å². The van der Waals surface area contributed by atoms with Crippen LogP contribution in [0.2, 0.25) is 5.15 Å². The standard InChI is InChI=1S/C12H14BrClN2O2S/c13-10-7-11(12(14)15-8-10)19(17,18)16-6-5-9-3-1-2-4-9/h3,7-8,16H,1-2,4-6H2. The van der Waals surface area contributed by atoms with E-state index in [1.54, 1.807) is 0 Å². The summed E-state index contributed by atoms with van der Waals surface area (Å²) in [5.74, 6) is 0. The van der Waals surface area contributed by atoms with Gasteiger partial charge in [0.25, 0.3) is 0 Å². The molecule has 0 aromatic carbocycles. The van der Waals surface area contributed by atoms with Crippen molar-refractivity contribution in [1.82, 2.24) is 9.71 Å². The largest absolute Gasteiger partial charge is 0.243 e. The molecule has 7 heteroatoms. The number of hydrogen-bond acceptors (Lipinski definition) is 3. The molecule has 4 nitrogen and oxygen atoms in total. The van der Waals surface area contributed by atoms with E-state index in [0.717, 1.165) is 19.3 Å². The third-order valence-electron chi connectivity index (χ3n) is 2.94. The predicted octanol–water partition coefficient (Wildman–Crippen LogP) is 3.28. The van der Waals surface area contributed by atoms with E-state index in [0.29, 0.717) is 11.0 Å². The maximum atomic E-state index is 12.1. The van der Waals surface area contributed by atoms with Crippen LogP contribution in [0.3, 0.4) is 0 Å². The van der Waals surface area contributed by atoms with Gasteiger partial charge in [-0.25, -0.2) is 18.1 Å². The topological polar surface area (TPSA) is 59.1 Å². The van der Waals surface area contributed by atoms with Crippen molar-refractivity contribution in [3.8, 4) is 0 Å². The number of nitrogens with zero attached hydrogens (tertiary/aromatic N) is 1. The number of rotatable bonds is 5. The zero-order chi connectivity index (χ0) is 13.9. The first kappa shape index (κ1) is 15.0. The molecule has 0 spiro atoms. The van der Waals surface area contributed by atoms with Crippen LogP contribution in [0.5, 0.6) is 0 Å². The molecular formula is C12H14BrClN2O2S. The van der Waals surface area contributed by atoms with Crippen LogP contribution in [-0.4, -0.2) is 19.9 Å². The normalized spacial score (nSPS) is 15.6. The summed E-state index contributed by atoms with van der Waals surface area (Å²) in [4.78, 5) is 3.82. The molecule has 104 valence electrons. The van der Waals surface area contributed by atoms with Gasteiger partial charge in [-0.15, -0.1) is 0 Å². The molecule has 1 aromatic heterocycles. The van der Waals surface area contributed by atoms with Crippen molar-refractivity contribution < 1.29 is 8.42 Å². The molecule has 0 saturated carbocycles. The molecule has 19 heavy (non-hydrogen) atoms. The predicted molar refractivity (Wildman–Crippen MR) is 78.7 cm³/mol. The molecule has 2 rings (SSSR count). The van der Waals surface area contributed by atoms with Crippen LogP contribution < -0.4 is 4.72 Å². The lowest BCUT2D eigenvalue weighted by Crippen LogP contribution is -2.25. The molecule has 1 heterocycles. The highest BCUT2D eigenvalue weighted by atomic mass is 79.9. The zero-order valence-corrected chi connectivity index (χ0v) is 13.4. The number of halogens is 2. The van der Waals surface area contributed by atoms with Crippen LogP contribution in [0.1, 0.15) is 25.7 Å². The molecule has 0 amide bonds. The van der Waals surface area contributed by atoms with Crippen LogP contribution in [-0.2, 0) is 10.0 Å². The Morgan fingerprint density at radius 2 is 2.26 bits per heavy atom. The maximum Gasteiger partial charge on any atom is 0.243 e. The van der Waals surface area contributed by atoms with Gasteiger partial charge in [0, 0.05) is 17.2 Å². The summed E-state index contributed by atoms with van der Waals surface area (Å²) in [6, 6.07) is 1.45. The molecule has 0 aliphatic heterocycles. The molecule has 1 N–H and O–H groups in total. The lowest BCUT2D eigenvalue weighted by molar-refractivity contribution is 0.580. The Kier molecular flexibility index (Phi) is 5.00. The lowest BCUT2D eigenvalue weighted by Gasteiger charge is -2.08. The van der Waals surface area contributed by atoms with Crippen molar-refractivity contribution in [1.29, 1.82) is 0 Å². The van der Waals surface area contributed by atoms with Crippen molar-refractivity contribution in [3.05, 3.63) is 33.5 Å². The Labute approximate surface area is 126 Å². The molecule has 0 unspecified atom stereocenters. The van der Waals surface area contributed by atoms with E-state index in [2.05, 4.69) is 31.7 Å². The lowest BCUT2D eigenvalue weighted by atomic mass is 10.2. The first-order valence-electron chi connectivity index (χ1n) is 5.97. The monoisotopic (exact) mass is 364 g/mol. The van der Waals surface area contributed by atoms with Gasteiger partial charge < -0.3 is 0 Å². The van der Waals surface area contributed by atoms with Crippen LogP contribution >= 0.6 is 27.5 Å². The van der Waals surface area contributed by atoms with E-state index in [1.807, 2.05) is 0 Å². The van der Waals surface area contributed by atoms with Gasteiger partial charge in [0.05, 0.1) is 0 Å². The minimum absolute atomic E-state index is 0.00365. The van der Waals surface area contributed by atoms with Gasteiger partial charge in [-0.1, -0.05) is 23.3 Å². The Morgan fingerprint density at radius 1 is 1.47 bits per heavy atom. The molecule has 1 aliphatic rings. The number of aromatic nitrogens is 1. The minimum Gasteiger partial charge on any atom is -0.242 e. The highest BCUT2D eigenvalue weighted by molar-refractivity contribution is 9.10. The summed E-state index contributed by atoms with van der Waals surface area (Å²) in [7, 11) is -3.61. The van der Waals surface area contributed by atoms with Crippen molar-refractivity contribution in [2.24, 2.45) is 0 Å². The van der Waals surface area contributed by atoms with Crippen molar-refractivity contribution in [2.75, 3.05) is 6.54 Å². The van der Waals surface area contributed by atoms with Gasteiger partial charge in [-0.3, -0.25) is 0 Å². The summed E-state index contributed by atoms with van der Waals surface area (Å²) in [6.07, 6.45) is 7.73. The molecule has 0 atom stereocenters. The number of pyridine rings is 1. The second kappa shape index (κ2) is 6.35. The van der Waals surface area contributed by atoms with Crippen molar-refractivity contribution in [3.63, 3.8) is 0 Å². The van der Waals surface area contributed by atoms with E-state index in [-0.39, 0.29) is 10.0 Å². The van der Waals surface area contributed by atoms with Crippen LogP contribution in [0, 0.1) is 0 Å². The SMILES string of the molecule is O=S(=O)(NCCC1=CCCC1)c1cc(Br)cnc1Cl. The second-order valence-corrected chi connectivity index (χ2v) is 7.35. The summed E-state index contributed by atoms with van der Waals surface area (Å²) in [6.45, 7) is 0.386. The molecular weight excluding hydrogens is 352 g/mol. The Hall–Kier alpha value is -0.430. The van der Waals surface area contributed by atoms with Crippen molar-refractivity contribution in [2.45, 2.75) is 30.6 Å². The van der Waals surface area contributed by atoms with Gasteiger partial charge in [-0.2, -0.15) is 0 Å². The Morgan fingerprint density at radius 3 is 2.95 bits per heavy atom. The maximum absolute atomic E-state index is 12.1. The molecule has 0 radical (unpaired) electrons. The highest BCUT2D eigenvalue weighted by Gasteiger charge is 2.19. The van der Waals surface area contributed by atoms with E-state index < -0.39 is 10.0 Å². The average molecular weight is 366 g/mol. The summed E-state index contributed by atoms with van der Waals surface area (Å²) in [5.41, 5.74) is 1.32. The fourth-order valence-corrected chi connectivity index (χ4v) is 3.95. The van der Waals surface area contributed by atoms with Crippen LogP contribution in [0.15, 0.2) is 33.3 Å². The summed E-state index contributed by atoms with van der Waals surface area (Å²) >= 11 is 9.01. The van der Waals surface area contributed by atoms with E-state index >= 15 is 0 Å². The van der Waals surface area contributed by atoms with Gasteiger partial charge in [0.15, 0.2) is 0 Å². The van der Waals surface area contributed by atoms with E-state index in [4.69, 9.17) is 11.6 Å². The fourth-order valence-electron chi connectivity index (χ4n) is 1.98. The van der Waals surface area contributed by atoms with Gasteiger partial charge in [0.1, 0.15) is 10.0 Å². The van der Waals surface area contributed by atoms with E-state index in [1.165, 1.54) is 24.3 Å². The quantitative estimate of drug-likeness (QED) is 0.643. The third-order valence-corrected chi connectivity index (χ3v) is 5.26. The van der Waals surface area contributed by atoms with Gasteiger partial charge in [-0.05, 0) is 47.7 Å². The van der Waals surface area contributed by atoms with E-state index in [9.17, 15) is 8.42 Å². The number of sulfonamides is 1. The van der Waals surface area contributed by atoms with Gasteiger partial charge >= 0.3 is 0 Å². The van der Waals surface area contributed by atoms with Crippen molar-refractivity contribution >= 4 is 37.6 Å². The molecule has 0 fully saturated rings. The Bertz CT molecular complexity index is 602. The molecule has 0 bridgehead atoms. The third kappa shape index (κ3) is 4.02. The first-order chi connectivity index (χ1) is 8.99. The number of nitrogens with one attached hydrogen (secondary N) is 1. The Balaban J connectivity index is 2.03. The summed E-state index contributed by atoms with van der Waals surface area (Å²) in [5, 5.41) is -0.0178. The average Bonchev–Trinajstić information content (AvgIpc) is 2.85. The summed E-state index contributed by atoms with van der Waals surface area (Å²) < 4.78 is 27.3. The zero-order valence-electron chi connectivity index (χ0n) is 10.2. The molecule has 1 aromatic rings. The number of allylic oxidation sites excluding steroid dienone is 1. The first-order valence-corrected chi connectivity index (χ1v) is 8.63. The van der Waals surface area contributed by atoms with Crippen LogP contribution in [0.4, 0.5) is 0 Å². The second-order valence-electron chi connectivity index (χ2n) is 4.34.